The molecule has 13 heavy (non-hydrogen) atoms. The van der Waals surface area contributed by atoms with Gasteiger partial charge in [-0.3, -0.25) is 4.68 Å². The number of rotatable bonds is 5. The zero-order chi connectivity index (χ0) is 9.68. The molecule has 0 saturated carbocycles. The van der Waals surface area contributed by atoms with Crippen LogP contribution in [0.3, 0.4) is 0 Å². The Hall–Kier alpha value is -0.830. The summed E-state index contributed by atoms with van der Waals surface area (Å²) in [5.74, 6) is 0. The molecule has 0 fully saturated rings. The topological polar surface area (TPSA) is 29.9 Å². The van der Waals surface area contributed by atoms with E-state index in [0.29, 0.717) is 6.04 Å². The summed E-state index contributed by atoms with van der Waals surface area (Å²) in [5.41, 5.74) is 1.30. The normalized spacial score (nSPS) is 13.2. The maximum Gasteiger partial charge on any atom is 0.0522 e. The van der Waals surface area contributed by atoms with E-state index >= 15 is 0 Å². The van der Waals surface area contributed by atoms with Gasteiger partial charge in [-0.2, -0.15) is 5.10 Å². The Kier molecular flexibility index (Phi) is 3.96. The van der Waals surface area contributed by atoms with Gasteiger partial charge in [-0.05, 0) is 31.9 Å². The van der Waals surface area contributed by atoms with Crippen molar-refractivity contribution < 1.29 is 0 Å². The van der Waals surface area contributed by atoms with Crippen LogP contribution in [0.15, 0.2) is 12.4 Å². The molecule has 0 bridgehead atoms. The number of nitrogens with one attached hydrogen (secondary N) is 1. The molecule has 1 N–H and O–H groups in total. The van der Waals surface area contributed by atoms with Gasteiger partial charge in [-0.25, -0.2) is 0 Å². The highest BCUT2D eigenvalue weighted by atomic mass is 15.2. The lowest BCUT2D eigenvalue weighted by atomic mass is 10.1. The molecule has 0 aliphatic heterocycles. The number of hydrogen-bond donors (Lipinski definition) is 1. The molecule has 0 aliphatic rings. The molecule has 74 valence electrons. The minimum Gasteiger partial charge on any atom is -0.314 e. The number of nitrogens with zero attached hydrogens (tertiary/aromatic N) is 2. The van der Waals surface area contributed by atoms with Crippen LogP contribution in [0, 0.1) is 0 Å². The van der Waals surface area contributed by atoms with Gasteiger partial charge < -0.3 is 5.32 Å². The highest BCUT2D eigenvalue weighted by Crippen LogP contribution is 2.00. The summed E-state index contributed by atoms with van der Waals surface area (Å²) in [7, 11) is 1.95. The lowest BCUT2D eigenvalue weighted by Crippen LogP contribution is -2.28. The first-order valence-electron chi connectivity index (χ1n) is 4.93. The summed E-state index contributed by atoms with van der Waals surface area (Å²) < 4.78 is 1.85. The van der Waals surface area contributed by atoms with Gasteiger partial charge in [0.25, 0.3) is 0 Å². The van der Waals surface area contributed by atoms with E-state index in [4.69, 9.17) is 0 Å². The molecular formula is C10H19N3. The van der Waals surface area contributed by atoms with Crippen LogP contribution in [0.25, 0.3) is 0 Å². The van der Waals surface area contributed by atoms with Crippen LogP contribution in [0.2, 0.25) is 0 Å². The van der Waals surface area contributed by atoms with Gasteiger partial charge in [0.1, 0.15) is 0 Å². The smallest absolute Gasteiger partial charge is 0.0522 e. The fraction of sp³-hybridized carbons (Fsp3) is 0.700. The third kappa shape index (κ3) is 3.59. The summed E-state index contributed by atoms with van der Waals surface area (Å²) >= 11 is 0. The van der Waals surface area contributed by atoms with Gasteiger partial charge in [0, 0.05) is 19.3 Å². The standard InChI is InChI=1S/C10H19N3/c1-4-5-11-9(2)6-10-7-12-13(3)8-10/h7-9,11H,4-6H2,1-3H3. The summed E-state index contributed by atoms with van der Waals surface area (Å²) in [4.78, 5) is 0. The first-order chi connectivity index (χ1) is 6.22. The minimum atomic E-state index is 0.546. The fourth-order valence-electron chi connectivity index (χ4n) is 1.39. The average molecular weight is 181 g/mol. The monoisotopic (exact) mass is 181 g/mol. The summed E-state index contributed by atoms with van der Waals surface area (Å²) in [6.07, 6.45) is 6.26. The zero-order valence-corrected chi connectivity index (χ0v) is 8.75. The minimum absolute atomic E-state index is 0.546. The van der Waals surface area contributed by atoms with E-state index in [1.165, 1.54) is 12.0 Å². The first kappa shape index (κ1) is 10.3. The predicted molar refractivity (Wildman–Crippen MR) is 54.7 cm³/mol. The SMILES string of the molecule is CCCNC(C)Cc1cnn(C)c1. The van der Waals surface area contributed by atoms with Crippen molar-refractivity contribution in [2.75, 3.05) is 6.54 Å². The van der Waals surface area contributed by atoms with Crippen LogP contribution >= 0.6 is 0 Å². The molecule has 0 aliphatic carbocycles. The molecular weight excluding hydrogens is 162 g/mol. The lowest BCUT2D eigenvalue weighted by molar-refractivity contribution is 0.543. The third-order valence-electron chi connectivity index (χ3n) is 2.04. The van der Waals surface area contributed by atoms with Gasteiger partial charge in [-0.1, -0.05) is 6.92 Å². The van der Waals surface area contributed by atoms with Gasteiger partial charge >= 0.3 is 0 Å². The summed E-state index contributed by atoms with van der Waals surface area (Å²) in [6.45, 7) is 5.49. The number of hydrogen-bond acceptors (Lipinski definition) is 2. The quantitative estimate of drug-likeness (QED) is 0.743. The Morgan fingerprint density at radius 3 is 2.92 bits per heavy atom. The molecule has 0 amide bonds. The number of aryl methyl sites for hydroxylation is 1. The highest BCUT2D eigenvalue weighted by molar-refractivity contribution is 5.05. The van der Waals surface area contributed by atoms with Crippen LogP contribution in [-0.2, 0) is 13.5 Å². The van der Waals surface area contributed by atoms with Crippen LogP contribution < -0.4 is 5.32 Å². The van der Waals surface area contributed by atoms with E-state index in [9.17, 15) is 0 Å². The van der Waals surface area contributed by atoms with Gasteiger partial charge in [0.15, 0.2) is 0 Å². The van der Waals surface area contributed by atoms with Gasteiger partial charge in [0.2, 0.25) is 0 Å². The van der Waals surface area contributed by atoms with Crippen molar-refractivity contribution in [3.8, 4) is 0 Å². The second-order valence-corrected chi connectivity index (χ2v) is 3.58. The van der Waals surface area contributed by atoms with Crippen molar-refractivity contribution in [2.45, 2.75) is 32.7 Å². The Bertz CT molecular complexity index is 242. The van der Waals surface area contributed by atoms with Crippen molar-refractivity contribution in [3.05, 3.63) is 18.0 Å². The summed E-state index contributed by atoms with van der Waals surface area (Å²) in [6, 6.07) is 0.546. The van der Waals surface area contributed by atoms with E-state index in [1.54, 1.807) is 0 Å². The maximum absolute atomic E-state index is 4.14. The van der Waals surface area contributed by atoms with Crippen molar-refractivity contribution in [1.29, 1.82) is 0 Å². The molecule has 1 heterocycles. The Morgan fingerprint density at radius 1 is 1.62 bits per heavy atom. The van der Waals surface area contributed by atoms with Gasteiger partial charge in [-0.15, -0.1) is 0 Å². The zero-order valence-electron chi connectivity index (χ0n) is 8.75. The van der Waals surface area contributed by atoms with Crippen molar-refractivity contribution in [1.82, 2.24) is 15.1 Å². The summed E-state index contributed by atoms with van der Waals surface area (Å²) in [5, 5.41) is 7.59. The molecule has 3 heteroatoms. The molecule has 0 saturated heterocycles. The van der Waals surface area contributed by atoms with Crippen LogP contribution in [-0.4, -0.2) is 22.4 Å². The Labute approximate surface area is 80.1 Å². The van der Waals surface area contributed by atoms with Crippen molar-refractivity contribution in [3.63, 3.8) is 0 Å². The second kappa shape index (κ2) is 5.02. The van der Waals surface area contributed by atoms with E-state index in [1.807, 2.05) is 17.9 Å². The van der Waals surface area contributed by atoms with E-state index in [2.05, 4.69) is 30.5 Å². The van der Waals surface area contributed by atoms with E-state index in [0.717, 1.165) is 13.0 Å². The Balaban J connectivity index is 2.31. The largest absolute Gasteiger partial charge is 0.314 e. The second-order valence-electron chi connectivity index (χ2n) is 3.58. The lowest BCUT2D eigenvalue weighted by Gasteiger charge is -2.11. The van der Waals surface area contributed by atoms with E-state index < -0.39 is 0 Å². The van der Waals surface area contributed by atoms with Gasteiger partial charge in [0.05, 0.1) is 6.20 Å². The van der Waals surface area contributed by atoms with Crippen molar-refractivity contribution in [2.24, 2.45) is 7.05 Å². The highest BCUT2D eigenvalue weighted by Gasteiger charge is 2.03. The van der Waals surface area contributed by atoms with Crippen LogP contribution in [0.1, 0.15) is 25.8 Å². The molecule has 0 spiro atoms. The predicted octanol–water partition coefficient (Wildman–Crippen LogP) is 1.35. The van der Waals surface area contributed by atoms with Crippen LogP contribution in [0.5, 0.6) is 0 Å². The maximum atomic E-state index is 4.14. The average Bonchev–Trinajstić information content (AvgIpc) is 2.48. The van der Waals surface area contributed by atoms with Crippen LogP contribution in [0.4, 0.5) is 0 Å². The molecule has 1 unspecified atom stereocenters. The molecule has 0 radical (unpaired) electrons. The molecule has 1 aromatic heterocycles. The molecule has 3 nitrogen and oxygen atoms in total. The number of aromatic nitrogens is 2. The molecule has 0 aromatic carbocycles. The molecule has 1 aromatic rings. The molecule has 1 rings (SSSR count). The molecule has 1 atom stereocenters. The Morgan fingerprint density at radius 2 is 2.38 bits per heavy atom. The third-order valence-corrected chi connectivity index (χ3v) is 2.04. The fourth-order valence-corrected chi connectivity index (χ4v) is 1.39. The first-order valence-corrected chi connectivity index (χ1v) is 4.93. The van der Waals surface area contributed by atoms with E-state index in [-0.39, 0.29) is 0 Å². The van der Waals surface area contributed by atoms with Crippen molar-refractivity contribution >= 4 is 0 Å².